The highest BCUT2D eigenvalue weighted by molar-refractivity contribution is 7.10. The molecule has 0 aliphatic carbocycles. The number of thiophene rings is 2. The van der Waals surface area contributed by atoms with E-state index in [-0.39, 0.29) is 6.23 Å². The molecule has 6 rings (SSSR count). The van der Waals surface area contributed by atoms with E-state index in [0.717, 1.165) is 43.4 Å². The van der Waals surface area contributed by atoms with E-state index in [1.807, 2.05) is 47.0 Å². The van der Waals surface area contributed by atoms with Crippen molar-refractivity contribution in [3.05, 3.63) is 80.7 Å². The van der Waals surface area contributed by atoms with E-state index in [2.05, 4.69) is 17.5 Å². The molecule has 1 unspecified atom stereocenters. The summed E-state index contributed by atoms with van der Waals surface area (Å²) in [6, 6.07) is 17.2. The molecule has 3 saturated heterocycles. The van der Waals surface area contributed by atoms with E-state index < -0.39 is 11.6 Å². The minimum absolute atomic E-state index is 0.173. The molecular weight excluding hydrogens is 438 g/mol. The Bertz CT molecular complexity index is 1010. The third-order valence-electron chi connectivity index (χ3n) is 7.33. The second-order valence-electron chi connectivity index (χ2n) is 9.17. The lowest BCUT2D eigenvalue weighted by molar-refractivity contribution is -0.984. The number of rotatable bonds is 8. The van der Waals surface area contributed by atoms with Gasteiger partial charge in [0.15, 0.2) is 0 Å². The van der Waals surface area contributed by atoms with Crippen molar-refractivity contribution in [1.29, 1.82) is 0 Å². The van der Waals surface area contributed by atoms with E-state index in [4.69, 9.17) is 4.74 Å². The largest absolute Gasteiger partial charge is 0.410 e. The molecule has 3 aliphatic heterocycles. The fourth-order valence-electron chi connectivity index (χ4n) is 5.45. The fourth-order valence-corrected chi connectivity index (χ4v) is 7.04. The van der Waals surface area contributed by atoms with Crippen molar-refractivity contribution in [1.82, 2.24) is 0 Å². The maximum Gasteiger partial charge on any atom is 0.353 e. The standard InChI is InChI=1S/C26H30NO3S2/c28-25(26(29,23-11-6-18-32-23)21-7-2-1-3-8-21)30-24-19-20-12-15-27(24,16-13-20)14-4-9-22-10-5-17-31-22/h1-3,5-8,10-11,17-18,20,24,29H,4,9,12-16,19H2/q+1/t20?,24-,26?,27?/m1/s1. The second kappa shape index (κ2) is 9.10. The Kier molecular flexibility index (Phi) is 6.21. The summed E-state index contributed by atoms with van der Waals surface area (Å²) in [6.07, 6.45) is 5.31. The van der Waals surface area contributed by atoms with Gasteiger partial charge in [-0.15, -0.1) is 22.7 Å². The summed E-state index contributed by atoms with van der Waals surface area (Å²) in [5.74, 6) is 0.0797. The van der Waals surface area contributed by atoms with Gasteiger partial charge in [-0.2, -0.15) is 0 Å². The van der Waals surface area contributed by atoms with Crippen molar-refractivity contribution in [2.75, 3.05) is 19.6 Å². The number of aliphatic hydroxyl groups is 1. The van der Waals surface area contributed by atoms with Gasteiger partial charge in [0.25, 0.3) is 0 Å². The third kappa shape index (κ3) is 4.05. The van der Waals surface area contributed by atoms with Gasteiger partial charge < -0.3 is 9.84 Å². The maximum atomic E-state index is 13.6. The summed E-state index contributed by atoms with van der Waals surface area (Å²) in [7, 11) is 0. The number of esters is 1. The average molecular weight is 469 g/mol. The maximum absolute atomic E-state index is 13.6. The van der Waals surface area contributed by atoms with Crippen molar-refractivity contribution in [3.8, 4) is 0 Å². The molecule has 1 aromatic carbocycles. The Balaban J connectivity index is 1.37. The molecule has 32 heavy (non-hydrogen) atoms. The van der Waals surface area contributed by atoms with Crippen molar-refractivity contribution in [2.45, 2.75) is 43.9 Å². The summed E-state index contributed by atoms with van der Waals surface area (Å²) < 4.78 is 7.10. The zero-order chi connectivity index (χ0) is 22.0. The highest BCUT2D eigenvalue weighted by Gasteiger charge is 2.52. The lowest BCUT2D eigenvalue weighted by Crippen LogP contribution is -2.66. The number of benzene rings is 1. The summed E-state index contributed by atoms with van der Waals surface area (Å²) in [6.45, 7) is 3.15. The zero-order valence-electron chi connectivity index (χ0n) is 18.2. The van der Waals surface area contributed by atoms with Crippen LogP contribution < -0.4 is 0 Å². The predicted molar refractivity (Wildman–Crippen MR) is 128 cm³/mol. The Morgan fingerprint density at radius 1 is 1.03 bits per heavy atom. The molecule has 0 saturated carbocycles. The molecule has 1 N–H and O–H groups in total. The first-order valence-corrected chi connectivity index (χ1v) is 13.3. The van der Waals surface area contributed by atoms with Crippen LogP contribution in [0.15, 0.2) is 65.4 Å². The van der Waals surface area contributed by atoms with E-state index in [9.17, 15) is 9.90 Å². The topological polar surface area (TPSA) is 46.5 Å². The number of piperidine rings is 3. The molecule has 0 amide bonds. The van der Waals surface area contributed by atoms with E-state index in [1.54, 1.807) is 12.1 Å². The molecule has 3 fully saturated rings. The van der Waals surface area contributed by atoms with E-state index in [1.165, 1.54) is 29.1 Å². The molecule has 0 spiro atoms. The van der Waals surface area contributed by atoms with Crippen LogP contribution in [0, 0.1) is 5.92 Å². The smallest absolute Gasteiger partial charge is 0.353 e. The lowest BCUT2D eigenvalue weighted by Gasteiger charge is -2.53. The summed E-state index contributed by atoms with van der Waals surface area (Å²) >= 11 is 3.20. The van der Waals surface area contributed by atoms with Crippen LogP contribution in [0.25, 0.3) is 0 Å². The van der Waals surface area contributed by atoms with Crippen LogP contribution in [0.5, 0.6) is 0 Å². The Morgan fingerprint density at radius 2 is 1.78 bits per heavy atom. The SMILES string of the molecule is O=C(O[C@@H]1CC2CC[N+]1(CCCc1cccs1)CC2)C(O)(c1ccccc1)c1cccs1. The van der Waals surface area contributed by atoms with Crippen LogP contribution in [0.1, 0.15) is 41.0 Å². The molecular formula is C26H30NO3S2+. The molecule has 0 radical (unpaired) electrons. The number of fused-ring (bicyclic) bond motifs is 3. The van der Waals surface area contributed by atoms with Crippen LogP contribution in [0.2, 0.25) is 0 Å². The Labute approximate surface area is 197 Å². The molecule has 4 nitrogen and oxygen atoms in total. The number of hydrogen-bond acceptors (Lipinski definition) is 5. The van der Waals surface area contributed by atoms with Gasteiger partial charge in [-0.05, 0) is 35.2 Å². The fraction of sp³-hybridized carbons (Fsp3) is 0.423. The minimum Gasteiger partial charge on any atom is -0.410 e. The molecule has 3 aromatic rings. The number of carbonyl (C=O) groups excluding carboxylic acids is 1. The van der Waals surface area contributed by atoms with Gasteiger partial charge in [-0.25, -0.2) is 4.79 Å². The first-order valence-electron chi connectivity index (χ1n) is 11.5. The Hall–Kier alpha value is -1.99. The molecule has 2 bridgehead atoms. The van der Waals surface area contributed by atoms with Crippen molar-refractivity contribution < 1.29 is 19.1 Å². The number of quaternary nitrogens is 1. The summed E-state index contributed by atoms with van der Waals surface area (Å²) in [5, 5.41) is 15.8. The third-order valence-corrected chi connectivity index (χ3v) is 9.24. The monoisotopic (exact) mass is 468 g/mol. The van der Waals surface area contributed by atoms with Gasteiger partial charge in [0.2, 0.25) is 11.8 Å². The normalized spacial score (nSPS) is 26.5. The molecule has 168 valence electrons. The quantitative estimate of drug-likeness (QED) is 0.366. The second-order valence-corrected chi connectivity index (χ2v) is 11.1. The molecule has 2 aromatic heterocycles. The van der Waals surface area contributed by atoms with Crippen molar-refractivity contribution in [2.24, 2.45) is 5.92 Å². The zero-order valence-corrected chi connectivity index (χ0v) is 19.8. The number of hydrogen-bond donors (Lipinski definition) is 1. The molecule has 2 atom stereocenters. The van der Waals surface area contributed by atoms with Gasteiger partial charge in [-0.3, -0.25) is 4.48 Å². The van der Waals surface area contributed by atoms with Crippen molar-refractivity contribution in [3.63, 3.8) is 0 Å². The van der Waals surface area contributed by atoms with E-state index in [0.29, 0.717) is 16.4 Å². The molecule has 3 aliphatic rings. The Morgan fingerprint density at radius 3 is 2.47 bits per heavy atom. The van der Waals surface area contributed by atoms with Crippen molar-refractivity contribution >= 4 is 28.6 Å². The van der Waals surface area contributed by atoms with Crippen LogP contribution >= 0.6 is 22.7 Å². The number of ether oxygens (including phenoxy) is 1. The van der Waals surface area contributed by atoms with Gasteiger partial charge in [0.1, 0.15) is 0 Å². The average Bonchev–Trinajstić information content (AvgIpc) is 3.55. The van der Waals surface area contributed by atoms with Crippen LogP contribution in [-0.2, 0) is 21.6 Å². The molecule has 5 heterocycles. The van der Waals surface area contributed by atoms with Crippen LogP contribution in [0.3, 0.4) is 0 Å². The number of aryl methyl sites for hydroxylation is 1. The van der Waals surface area contributed by atoms with E-state index >= 15 is 0 Å². The summed E-state index contributed by atoms with van der Waals surface area (Å²) in [5.41, 5.74) is -1.21. The highest BCUT2D eigenvalue weighted by atomic mass is 32.1. The minimum atomic E-state index is -1.77. The highest BCUT2D eigenvalue weighted by Crippen LogP contribution is 2.41. The van der Waals surface area contributed by atoms with Gasteiger partial charge >= 0.3 is 5.97 Å². The lowest BCUT2D eigenvalue weighted by atomic mass is 9.84. The van der Waals surface area contributed by atoms with Crippen LogP contribution in [-0.4, -0.2) is 41.4 Å². The number of carbonyl (C=O) groups is 1. The first kappa shape index (κ1) is 21.8. The molecule has 6 heteroatoms. The predicted octanol–water partition coefficient (Wildman–Crippen LogP) is 5.18. The van der Waals surface area contributed by atoms with Gasteiger partial charge in [0.05, 0.1) is 24.5 Å². The summed E-state index contributed by atoms with van der Waals surface area (Å²) in [4.78, 5) is 15.7. The number of nitrogens with zero attached hydrogens (tertiary/aromatic N) is 1. The van der Waals surface area contributed by atoms with Crippen LogP contribution in [0.4, 0.5) is 0 Å². The van der Waals surface area contributed by atoms with Gasteiger partial charge in [-0.1, -0.05) is 42.5 Å². The first-order chi connectivity index (χ1) is 15.6. The van der Waals surface area contributed by atoms with Gasteiger partial charge in [0, 0.05) is 36.1 Å².